The van der Waals surface area contributed by atoms with Crippen LogP contribution >= 0.6 is 0 Å². The summed E-state index contributed by atoms with van der Waals surface area (Å²) < 4.78 is 27.6. The van der Waals surface area contributed by atoms with Crippen LogP contribution in [-0.2, 0) is 14.8 Å². The molecule has 3 N–H and O–H groups in total. The first-order valence-corrected chi connectivity index (χ1v) is 10.4. The Labute approximate surface area is 163 Å². The number of aromatic nitrogens is 2. The number of nitrogens with one attached hydrogen (secondary N) is 3. The van der Waals surface area contributed by atoms with Crippen molar-refractivity contribution in [3.8, 4) is 0 Å². The number of carbonyl (C=O) groups excluding carboxylic acids is 1. The summed E-state index contributed by atoms with van der Waals surface area (Å²) in [6.07, 6.45) is 0. The Kier molecular flexibility index (Phi) is 4.88. The molecule has 1 unspecified atom stereocenters. The fraction of sp³-hybridized carbons (Fsp3) is 0.263. The number of aromatic amines is 1. The standard InChI is InChI=1S/C19H21N5O3S/c1-13(25)21-14-6-8-15(9-7-14)28(26,27)24-11-10-20-18(12-24)19-22-16-4-2-3-5-17(16)23-19/h2-9,18,20H,10-12H2,1H3,(H,21,25)(H,22,23). The molecule has 1 atom stereocenters. The molecular weight excluding hydrogens is 378 g/mol. The molecular formula is C19H21N5O3S. The van der Waals surface area contributed by atoms with E-state index in [4.69, 9.17) is 0 Å². The average molecular weight is 399 g/mol. The molecule has 1 fully saturated rings. The van der Waals surface area contributed by atoms with Crippen LogP contribution in [-0.4, -0.2) is 48.2 Å². The molecule has 1 aliphatic rings. The Bertz CT molecular complexity index is 1080. The van der Waals surface area contributed by atoms with E-state index in [1.807, 2.05) is 24.3 Å². The minimum Gasteiger partial charge on any atom is -0.341 e. The lowest BCUT2D eigenvalue weighted by Crippen LogP contribution is -2.48. The number of fused-ring (bicyclic) bond motifs is 1. The van der Waals surface area contributed by atoms with Crippen molar-refractivity contribution in [1.82, 2.24) is 19.6 Å². The smallest absolute Gasteiger partial charge is 0.243 e. The second-order valence-electron chi connectivity index (χ2n) is 6.71. The number of imidazole rings is 1. The SMILES string of the molecule is CC(=O)Nc1ccc(S(=O)(=O)N2CCNC(c3nc4ccccc4[nH]3)C2)cc1. The molecule has 1 saturated heterocycles. The second-order valence-corrected chi connectivity index (χ2v) is 8.65. The zero-order valence-corrected chi connectivity index (χ0v) is 16.2. The Morgan fingerprint density at radius 2 is 1.93 bits per heavy atom. The molecule has 28 heavy (non-hydrogen) atoms. The maximum Gasteiger partial charge on any atom is 0.243 e. The van der Waals surface area contributed by atoms with Gasteiger partial charge >= 0.3 is 0 Å². The van der Waals surface area contributed by atoms with Crippen molar-refractivity contribution in [3.63, 3.8) is 0 Å². The molecule has 0 saturated carbocycles. The van der Waals surface area contributed by atoms with Gasteiger partial charge in [0, 0.05) is 32.2 Å². The number of para-hydroxylation sites is 2. The van der Waals surface area contributed by atoms with E-state index in [1.165, 1.54) is 23.4 Å². The van der Waals surface area contributed by atoms with Crippen molar-refractivity contribution in [1.29, 1.82) is 0 Å². The molecule has 2 heterocycles. The van der Waals surface area contributed by atoms with Crippen LogP contribution in [0.2, 0.25) is 0 Å². The number of hydrogen-bond acceptors (Lipinski definition) is 5. The molecule has 9 heteroatoms. The molecule has 0 radical (unpaired) electrons. The molecule has 146 valence electrons. The first-order chi connectivity index (χ1) is 13.4. The molecule has 1 aliphatic heterocycles. The fourth-order valence-electron chi connectivity index (χ4n) is 3.32. The van der Waals surface area contributed by atoms with E-state index in [-0.39, 0.29) is 23.4 Å². The summed E-state index contributed by atoms with van der Waals surface area (Å²) in [6, 6.07) is 13.7. The van der Waals surface area contributed by atoms with Gasteiger partial charge in [-0.25, -0.2) is 13.4 Å². The predicted octanol–water partition coefficient (Wildman–Crippen LogP) is 1.86. The summed E-state index contributed by atoms with van der Waals surface area (Å²) in [6.45, 7) is 2.61. The average Bonchev–Trinajstić information content (AvgIpc) is 3.12. The maximum atomic E-state index is 13.0. The predicted molar refractivity (Wildman–Crippen MR) is 106 cm³/mol. The Morgan fingerprint density at radius 1 is 1.18 bits per heavy atom. The summed E-state index contributed by atoms with van der Waals surface area (Å²) in [5.41, 5.74) is 2.34. The van der Waals surface area contributed by atoms with Crippen LogP contribution in [0.4, 0.5) is 5.69 Å². The van der Waals surface area contributed by atoms with Crippen LogP contribution in [0, 0.1) is 0 Å². The maximum absolute atomic E-state index is 13.0. The summed E-state index contributed by atoms with van der Waals surface area (Å²) in [4.78, 5) is 19.2. The monoisotopic (exact) mass is 399 g/mol. The molecule has 0 bridgehead atoms. The van der Waals surface area contributed by atoms with Gasteiger partial charge in [0.05, 0.1) is 22.0 Å². The zero-order valence-electron chi connectivity index (χ0n) is 15.3. The third-order valence-corrected chi connectivity index (χ3v) is 6.57. The van der Waals surface area contributed by atoms with Gasteiger partial charge in [-0.05, 0) is 36.4 Å². The van der Waals surface area contributed by atoms with Crippen molar-refractivity contribution >= 4 is 32.7 Å². The van der Waals surface area contributed by atoms with Gasteiger partial charge < -0.3 is 15.6 Å². The highest BCUT2D eigenvalue weighted by atomic mass is 32.2. The highest BCUT2D eigenvalue weighted by molar-refractivity contribution is 7.89. The van der Waals surface area contributed by atoms with Crippen LogP contribution in [0.15, 0.2) is 53.4 Å². The Hall–Kier alpha value is -2.75. The quantitative estimate of drug-likeness (QED) is 0.621. The number of benzene rings is 2. The third-order valence-electron chi connectivity index (χ3n) is 4.69. The molecule has 8 nitrogen and oxygen atoms in total. The van der Waals surface area contributed by atoms with Gasteiger partial charge in [0.1, 0.15) is 5.82 Å². The summed E-state index contributed by atoms with van der Waals surface area (Å²) >= 11 is 0. The molecule has 3 aromatic rings. The highest BCUT2D eigenvalue weighted by Crippen LogP contribution is 2.24. The van der Waals surface area contributed by atoms with Crippen molar-refractivity contribution in [2.45, 2.75) is 17.9 Å². The largest absolute Gasteiger partial charge is 0.341 e. The van der Waals surface area contributed by atoms with Crippen LogP contribution in [0.1, 0.15) is 18.8 Å². The number of piperazine rings is 1. The third kappa shape index (κ3) is 3.64. The van der Waals surface area contributed by atoms with Crippen LogP contribution in [0.25, 0.3) is 11.0 Å². The van der Waals surface area contributed by atoms with E-state index in [1.54, 1.807) is 12.1 Å². The summed E-state index contributed by atoms with van der Waals surface area (Å²) in [5, 5.41) is 5.97. The molecule has 1 amide bonds. The van der Waals surface area contributed by atoms with Gasteiger partial charge in [-0.2, -0.15) is 4.31 Å². The highest BCUT2D eigenvalue weighted by Gasteiger charge is 2.31. The first-order valence-electron chi connectivity index (χ1n) is 8.99. The topological polar surface area (TPSA) is 107 Å². The summed E-state index contributed by atoms with van der Waals surface area (Å²) in [7, 11) is -3.64. The number of hydrogen-bond donors (Lipinski definition) is 3. The lowest BCUT2D eigenvalue weighted by Gasteiger charge is -2.32. The van der Waals surface area contributed by atoms with Crippen LogP contribution in [0.3, 0.4) is 0 Å². The van der Waals surface area contributed by atoms with Gasteiger partial charge in [-0.1, -0.05) is 12.1 Å². The first kappa shape index (κ1) is 18.6. The molecule has 0 spiro atoms. The lowest BCUT2D eigenvalue weighted by molar-refractivity contribution is -0.114. The number of anilines is 1. The van der Waals surface area contributed by atoms with Gasteiger partial charge in [-0.15, -0.1) is 0 Å². The van der Waals surface area contributed by atoms with E-state index < -0.39 is 10.0 Å². The lowest BCUT2D eigenvalue weighted by atomic mass is 10.2. The van der Waals surface area contributed by atoms with Crippen molar-refractivity contribution in [2.75, 3.05) is 25.0 Å². The number of nitrogens with zero attached hydrogens (tertiary/aromatic N) is 2. The van der Waals surface area contributed by atoms with Gasteiger partial charge in [-0.3, -0.25) is 4.79 Å². The van der Waals surface area contributed by atoms with Crippen LogP contribution < -0.4 is 10.6 Å². The van der Waals surface area contributed by atoms with Crippen molar-refractivity contribution in [2.24, 2.45) is 0 Å². The normalized spacial score (nSPS) is 18.2. The van der Waals surface area contributed by atoms with E-state index >= 15 is 0 Å². The number of rotatable bonds is 4. The van der Waals surface area contributed by atoms with Gasteiger partial charge in [0.2, 0.25) is 15.9 Å². The van der Waals surface area contributed by atoms with Crippen molar-refractivity contribution < 1.29 is 13.2 Å². The molecule has 1 aromatic heterocycles. The van der Waals surface area contributed by atoms with Crippen molar-refractivity contribution in [3.05, 3.63) is 54.4 Å². The van der Waals surface area contributed by atoms with E-state index in [2.05, 4.69) is 20.6 Å². The van der Waals surface area contributed by atoms with Gasteiger partial charge in [0.25, 0.3) is 0 Å². The number of sulfonamides is 1. The fourth-order valence-corrected chi connectivity index (χ4v) is 4.78. The van der Waals surface area contributed by atoms with Crippen LogP contribution in [0.5, 0.6) is 0 Å². The van der Waals surface area contributed by atoms with E-state index in [9.17, 15) is 13.2 Å². The Balaban J connectivity index is 1.55. The second kappa shape index (κ2) is 7.34. The van der Waals surface area contributed by atoms with E-state index in [0.717, 1.165) is 16.9 Å². The minimum atomic E-state index is -3.64. The molecule has 2 aromatic carbocycles. The number of carbonyl (C=O) groups is 1. The van der Waals surface area contributed by atoms with E-state index in [0.29, 0.717) is 18.8 Å². The molecule has 0 aliphatic carbocycles. The van der Waals surface area contributed by atoms with Gasteiger partial charge in [0.15, 0.2) is 0 Å². The number of amides is 1. The minimum absolute atomic E-state index is 0.201. The molecule has 4 rings (SSSR count). The summed E-state index contributed by atoms with van der Waals surface area (Å²) in [5.74, 6) is 0.522. The Morgan fingerprint density at radius 3 is 2.64 bits per heavy atom. The zero-order chi connectivity index (χ0) is 19.7. The number of H-pyrrole nitrogens is 1.